The van der Waals surface area contributed by atoms with Gasteiger partial charge in [0.05, 0.1) is 9.92 Å². The van der Waals surface area contributed by atoms with E-state index in [-0.39, 0.29) is 4.90 Å². The molecular formula is C13H15BrClNO4S. The summed E-state index contributed by atoms with van der Waals surface area (Å²) in [5, 5.41) is 9.83. The zero-order chi connectivity index (χ0) is 15.7. The van der Waals surface area contributed by atoms with Crippen molar-refractivity contribution in [1.82, 2.24) is 4.72 Å². The van der Waals surface area contributed by atoms with Gasteiger partial charge in [0.15, 0.2) is 0 Å². The molecule has 0 spiro atoms. The third kappa shape index (κ3) is 3.59. The summed E-state index contributed by atoms with van der Waals surface area (Å²) in [6.45, 7) is 0. The molecule has 1 fully saturated rings. The van der Waals surface area contributed by atoms with E-state index in [1.165, 1.54) is 18.2 Å². The Kier molecular flexibility index (Phi) is 4.97. The van der Waals surface area contributed by atoms with E-state index in [4.69, 9.17) is 11.6 Å². The van der Waals surface area contributed by atoms with E-state index in [2.05, 4.69) is 20.7 Å². The number of rotatable bonds is 4. The summed E-state index contributed by atoms with van der Waals surface area (Å²) in [5.41, 5.74) is -1.41. The standard InChI is InChI=1S/C13H15BrClNO4S/c14-10-8-9(4-5-11(10)15)21(19,20)16-13(12(17)18)6-2-1-3-7-13/h4-5,8,16H,1-3,6-7H2,(H,17,18). The number of carbonyl (C=O) groups is 1. The lowest BCUT2D eigenvalue weighted by Gasteiger charge is -2.33. The molecule has 1 aromatic rings. The Morgan fingerprint density at radius 1 is 1.29 bits per heavy atom. The lowest BCUT2D eigenvalue weighted by atomic mass is 9.83. The van der Waals surface area contributed by atoms with E-state index >= 15 is 0 Å². The predicted molar refractivity (Wildman–Crippen MR) is 82.9 cm³/mol. The van der Waals surface area contributed by atoms with Crippen LogP contribution in [0.4, 0.5) is 0 Å². The summed E-state index contributed by atoms with van der Waals surface area (Å²) >= 11 is 9.01. The monoisotopic (exact) mass is 395 g/mol. The van der Waals surface area contributed by atoms with Gasteiger partial charge in [-0.05, 0) is 47.0 Å². The van der Waals surface area contributed by atoms with E-state index in [0.717, 1.165) is 6.42 Å². The maximum Gasteiger partial charge on any atom is 0.324 e. The second-order valence-electron chi connectivity index (χ2n) is 5.13. The van der Waals surface area contributed by atoms with E-state index in [1.54, 1.807) is 0 Å². The van der Waals surface area contributed by atoms with Crippen molar-refractivity contribution < 1.29 is 18.3 Å². The average molecular weight is 397 g/mol. The minimum Gasteiger partial charge on any atom is -0.480 e. The highest BCUT2D eigenvalue weighted by molar-refractivity contribution is 9.10. The van der Waals surface area contributed by atoms with Crippen LogP contribution in [0.3, 0.4) is 0 Å². The summed E-state index contributed by atoms with van der Waals surface area (Å²) in [6, 6.07) is 4.17. The average Bonchev–Trinajstić information content (AvgIpc) is 2.42. The molecule has 0 bridgehead atoms. The van der Waals surface area contributed by atoms with Crippen LogP contribution >= 0.6 is 27.5 Å². The highest BCUT2D eigenvalue weighted by Crippen LogP contribution is 2.31. The molecule has 0 atom stereocenters. The molecule has 1 aliphatic carbocycles. The van der Waals surface area contributed by atoms with Crippen molar-refractivity contribution in [1.29, 1.82) is 0 Å². The van der Waals surface area contributed by atoms with Gasteiger partial charge in [-0.15, -0.1) is 0 Å². The maximum absolute atomic E-state index is 12.4. The van der Waals surface area contributed by atoms with Gasteiger partial charge in [-0.2, -0.15) is 4.72 Å². The van der Waals surface area contributed by atoms with Gasteiger partial charge in [0, 0.05) is 4.47 Å². The second kappa shape index (κ2) is 6.24. The Morgan fingerprint density at radius 3 is 2.43 bits per heavy atom. The Balaban J connectivity index is 2.34. The second-order valence-corrected chi connectivity index (χ2v) is 8.07. The number of hydrogen-bond acceptors (Lipinski definition) is 3. The van der Waals surface area contributed by atoms with Crippen LogP contribution in [0.2, 0.25) is 5.02 Å². The minimum absolute atomic E-state index is 0.00928. The molecule has 1 aromatic carbocycles. The molecule has 1 saturated carbocycles. The fourth-order valence-electron chi connectivity index (χ4n) is 2.48. The molecule has 0 aliphatic heterocycles. The van der Waals surface area contributed by atoms with Gasteiger partial charge >= 0.3 is 5.97 Å². The molecule has 0 amide bonds. The summed E-state index contributed by atoms with van der Waals surface area (Å²) in [4.78, 5) is 11.5. The number of sulfonamides is 1. The molecule has 21 heavy (non-hydrogen) atoms. The Hall–Kier alpha value is -0.630. The fraction of sp³-hybridized carbons (Fsp3) is 0.462. The SMILES string of the molecule is O=C(O)C1(NS(=O)(=O)c2ccc(Cl)c(Br)c2)CCCCC1. The first-order valence-electron chi connectivity index (χ1n) is 6.49. The number of nitrogens with one attached hydrogen (secondary N) is 1. The normalized spacial score (nSPS) is 18.4. The van der Waals surface area contributed by atoms with Gasteiger partial charge in [-0.3, -0.25) is 4.79 Å². The number of halogens is 2. The Bertz CT molecular complexity index is 656. The van der Waals surface area contributed by atoms with E-state index in [9.17, 15) is 18.3 Å². The highest BCUT2D eigenvalue weighted by atomic mass is 79.9. The lowest BCUT2D eigenvalue weighted by Crippen LogP contribution is -2.55. The quantitative estimate of drug-likeness (QED) is 0.819. The van der Waals surface area contributed by atoms with Crippen LogP contribution in [0.5, 0.6) is 0 Å². The van der Waals surface area contributed by atoms with Crippen LogP contribution < -0.4 is 4.72 Å². The van der Waals surface area contributed by atoms with Crippen LogP contribution in [-0.2, 0) is 14.8 Å². The van der Waals surface area contributed by atoms with Crippen molar-refractivity contribution >= 4 is 43.5 Å². The first-order chi connectivity index (χ1) is 9.77. The molecule has 2 rings (SSSR count). The third-order valence-electron chi connectivity index (χ3n) is 3.65. The van der Waals surface area contributed by atoms with E-state index in [0.29, 0.717) is 35.2 Å². The number of carboxylic acid groups (broad SMARTS) is 1. The predicted octanol–water partition coefficient (Wildman–Crippen LogP) is 3.17. The van der Waals surface area contributed by atoms with Gasteiger partial charge in [0.1, 0.15) is 5.54 Å². The van der Waals surface area contributed by atoms with Crippen molar-refractivity contribution in [3.8, 4) is 0 Å². The molecule has 0 unspecified atom stereocenters. The fourth-order valence-corrected chi connectivity index (χ4v) is 4.57. The summed E-state index contributed by atoms with van der Waals surface area (Å²) < 4.78 is 27.7. The molecular weight excluding hydrogens is 382 g/mol. The van der Waals surface area contributed by atoms with Crippen LogP contribution in [0.15, 0.2) is 27.6 Å². The van der Waals surface area contributed by atoms with Gasteiger partial charge in [0.2, 0.25) is 10.0 Å². The number of hydrogen-bond donors (Lipinski definition) is 2. The van der Waals surface area contributed by atoms with Crippen LogP contribution in [-0.4, -0.2) is 25.0 Å². The van der Waals surface area contributed by atoms with Crippen molar-refractivity contribution in [3.63, 3.8) is 0 Å². The largest absolute Gasteiger partial charge is 0.480 e. The number of benzene rings is 1. The first-order valence-corrected chi connectivity index (χ1v) is 9.15. The summed E-state index contributed by atoms with van der Waals surface area (Å²) in [6.07, 6.45) is 2.91. The smallest absolute Gasteiger partial charge is 0.324 e. The zero-order valence-corrected chi connectivity index (χ0v) is 14.3. The van der Waals surface area contributed by atoms with Gasteiger partial charge in [-0.1, -0.05) is 30.9 Å². The van der Waals surface area contributed by atoms with Crippen molar-refractivity contribution in [3.05, 3.63) is 27.7 Å². The van der Waals surface area contributed by atoms with Crippen molar-refractivity contribution in [2.75, 3.05) is 0 Å². The van der Waals surface area contributed by atoms with Crippen molar-refractivity contribution in [2.45, 2.75) is 42.5 Å². The molecule has 0 radical (unpaired) electrons. The zero-order valence-electron chi connectivity index (χ0n) is 11.1. The summed E-state index contributed by atoms with van der Waals surface area (Å²) in [7, 11) is -3.92. The molecule has 0 saturated heterocycles. The maximum atomic E-state index is 12.4. The topological polar surface area (TPSA) is 83.5 Å². The first kappa shape index (κ1) is 16.7. The molecule has 2 N–H and O–H groups in total. The number of aliphatic carboxylic acids is 1. The van der Waals surface area contributed by atoms with E-state index < -0.39 is 21.5 Å². The molecule has 116 valence electrons. The Morgan fingerprint density at radius 2 is 1.90 bits per heavy atom. The van der Waals surface area contributed by atoms with Crippen LogP contribution in [0.25, 0.3) is 0 Å². The van der Waals surface area contributed by atoms with Gasteiger partial charge < -0.3 is 5.11 Å². The highest BCUT2D eigenvalue weighted by Gasteiger charge is 2.43. The molecule has 8 heteroatoms. The third-order valence-corrected chi connectivity index (χ3v) is 6.40. The van der Waals surface area contributed by atoms with Crippen LogP contribution in [0, 0.1) is 0 Å². The number of carboxylic acids is 1. The molecule has 1 aliphatic rings. The van der Waals surface area contributed by atoms with Gasteiger partial charge in [-0.25, -0.2) is 8.42 Å². The van der Waals surface area contributed by atoms with Gasteiger partial charge in [0.25, 0.3) is 0 Å². The molecule has 0 aromatic heterocycles. The Labute approximate surface area is 136 Å². The lowest BCUT2D eigenvalue weighted by molar-refractivity contribution is -0.145. The minimum atomic E-state index is -3.92. The molecule has 0 heterocycles. The molecule has 5 nitrogen and oxygen atoms in total. The van der Waals surface area contributed by atoms with Crippen LogP contribution in [0.1, 0.15) is 32.1 Å². The van der Waals surface area contributed by atoms with Crippen molar-refractivity contribution in [2.24, 2.45) is 0 Å². The summed E-state index contributed by atoms with van der Waals surface area (Å²) in [5.74, 6) is -1.13. The van der Waals surface area contributed by atoms with E-state index in [1.807, 2.05) is 0 Å².